The standard InChI is InChI=1S/C10H11N5O/c11-10-12-6-7-3-4-8(15(7)13-10)14-5-1-2-9(14)16/h3-4,6H,1-2,5H2,(H2,11,13). The molecule has 2 N–H and O–H groups in total. The lowest BCUT2D eigenvalue weighted by Crippen LogP contribution is -2.25. The fraction of sp³-hybridized carbons (Fsp3) is 0.300. The van der Waals surface area contributed by atoms with Gasteiger partial charge in [0, 0.05) is 13.0 Å². The number of nitrogen functional groups attached to an aromatic ring is 1. The first-order valence-electron chi connectivity index (χ1n) is 5.16. The van der Waals surface area contributed by atoms with Crippen LogP contribution in [0.2, 0.25) is 0 Å². The number of anilines is 2. The molecule has 3 heterocycles. The summed E-state index contributed by atoms with van der Waals surface area (Å²) in [6.07, 6.45) is 3.15. The lowest BCUT2D eigenvalue weighted by molar-refractivity contribution is -0.117. The van der Waals surface area contributed by atoms with E-state index in [4.69, 9.17) is 5.73 Å². The lowest BCUT2D eigenvalue weighted by atomic mass is 10.4. The molecular weight excluding hydrogens is 206 g/mol. The van der Waals surface area contributed by atoms with Gasteiger partial charge in [-0.2, -0.15) is 0 Å². The number of amides is 1. The van der Waals surface area contributed by atoms with Crippen LogP contribution in [0.4, 0.5) is 11.8 Å². The number of carbonyl (C=O) groups excluding carboxylic acids is 1. The molecule has 1 amide bonds. The minimum absolute atomic E-state index is 0.136. The summed E-state index contributed by atoms with van der Waals surface area (Å²) in [4.78, 5) is 17.3. The molecule has 1 aliphatic rings. The molecule has 2 aromatic rings. The molecule has 1 saturated heterocycles. The van der Waals surface area contributed by atoms with Crippen molar-refractivity contribution < 1.29 is 4.79 Å². The second kappa shape index (κ2) is 3.19. The van der Waals surface area contributed by atoms with Gasteiger partial charge >= 0.3 is 0 Å². The largest absolute Gasteiger partial charge is 0.367 e. The van der Waals surface area contributed by atoms with Crippen LogP contribution in [-0.2, 0) is 4.79 Å². The highest BCUT2D eigenvalue weighted by Gasteiger charge is 2.24. The molecule has 6 heteroatoms. The number of aromatic nitrogens is 3. The number of rotatable bonds is 1. The van der Waals surface area contributed by atoms with Gasteiger partial charge in [0.1, 0.15) is 5.82 Å². The van der Waals surface area contributed by atoms with Crippen molar-refractivity contribution in [3.63, 3.8) is 0 Å². The van der Waals surface area contributed by atoms with Gasteiger partial charge in [-0.25, -0.2) is 9.50 Å². The Hall–Kier alpha value is -2.11. The van der Waals surface area contributed by atoms with Crippen molar-refractivity contribution in [2.45, 2.75) is 12.8 Å². The number of nitrogens with zero attached hydrogens (tertiary/aromatic N) is 4. The lowest BCUT2D eigenvalue weighted by Gasteiger charge is -2.14. The highest BCUT2D eigenvalue weighted by molar-refractivity contribution is 5.95. The Morgan fingerprint density at radius 1 is 1.38 bits per heavy atom. The topological polar surface area (TPSA) is 76.5 Å². The maximum absolute atomic E-state index is 11.6. The molecular formula is C10H11N5O. The van der Waals surface area contributed by atoms with Crippen LogP contribution in [0.1, 0.15) is 12.8 Å². The summed E-state index contributed by atoms with van der Waals surface area (Å²) in [7, 11) is 0. The average Bonchev–Trinajstić information content (AvgIpc) is 2.83. The van der Waals surface area contributed by atoms with Gasteiger partial charge in [-0.3, -0.25) is 9.69 Å². The van der Waals surface area contributed by atoms with E-state index in [1.807, 2.05) is 12.1 Å². The number of hydrogen-bond donors (Lipinski definition) is 1. The average molecular weight is 217 g/mol. The second-order valence-corrected chi connectivity index (χ2v) is 3.79. The van der Waals surface area contributed by atoms with Crippen LogP contribution in [0, 0.1) is 0 Å². The third-order valence-corrected chi connectivity index (χ3v) is 2.75. The molecule has 0 aliphatic carbocycles. The second-order valence-electron chi connectivity index (χ2n) is 3.79. The maximum atomic E-state index is 11.6. The summed E-state index contributed by atoms with van der Waals surface area (Å²) in [6, 6.07) is 3.74. The molecule has 0 atom stereocenters. The Labute approximate surface area is 91.7 Å². The molecule has 0 spiro atoms. The van der Waals surface area contributed by atoms with Gasteiger partial charge in [-0.15, -0.1) is 5.10 Å². The van der Waals surface area contributed by atoms with Crippen LogP contribution in [0.3, 0.4) is 0 Å². The quantitative estimate of drug-likeness (QED) is 0.751. The number of fused-ring (bicyclic) bond motifs is 1. The van der Waals surface area contributed by atoms with Crippen molar-refractivity contribution in [2.75, 3.05) is 17.2 Å². The van der Waals surface area contributed by atoms with E-state index in [2.05, 4.69) is 10.1 Å². The number of hydrogen-bond acceptors (Lipinski definition) is 4. The number of carbonyl (C=O) groups is 1. The van der Waals surface area contributed by atoms with Gasteiger partial charge in [0.15, 0.2) is 0 Å². The van der Waals surface area contributed by atoms with E-state index >= 15 is 0 Å². The minimum atomic E-state index is 0.136. The molecule has 3 rings (SSSR count). The fourth-order valence-corrected chi connectivity index (χ4v) is 2.00. The minimum Gasteiger partial charge on any atom is -0.367 e. The molecule has 82 valence electrons. The van der Waals surface area contributed by atoms with Gasteiger partial charge in [-0.1, -0.05) is 0 Å². The summed E-state index contributed by atoms with van der Waals surface area (Å²) in [5.74, 6) is 1.11. The SMILES string of the molecule is Nc1ncc2ccc(N3CCCC3=O)n2n1. The van der Waals surface area contributed by atoms with Gasteiger partial charge in [0.2, 0.25) is 11.9 Å². The Bertz CT molecular complexity index is 561. The van der Waals surface area contributed by atoms with Crippen LogP contribution in [0.25, 0.3) is 5.52 Å². The van der Waals surface area contributed by atoms with Crippen molar-refractivity contribution in [3.05, 3.63) is 18.3 Å². The predicted octanol–water partition coefficient (Wildman–Crippen LogP) is 0.438. The first-order valence-corrected chi connectivity index (χ1v) is 5.16. The summed E-state index contributed by atoms with van der Waals surface area (Å²) < 4.78 is 1.66. The van der Waals surface area contributed by atoms with Crippen LogP contribution in [0.15, 0.2) is 18.3 Å². The van der Waals surface area contributed by atoms with Crippen molar-refractivity contribution in [3.8, 4) is 0 Å². The van der Waals surface area contributed by atoms with E-state index in [1.54, 1.807) is 15.6 Å². The Kier molecular flexibility index (Phi) is 1.82. The van der Waals surface area contributed by atoms with Crippen molar-refractivity contribution in [2.24, 2.45) is 0 Å². The van der Waals surface area contributed by atoms with Crippen LogP contribution < -0.4 is 10.6 Å². The zero-order valence-corrected chi connectivity index (χ0v) is 8.63. The van der Waals surface area contributed by atoms with E-state index in [-0.39, 0.29) is 11.9 Å². The molecule has 0 bridgehead atoms. The third-order valence-electron chi connectivity index (χ3n) is 2.75. The van der Waals surface area contributed by atoms with Gasteiger partial charge in [0.05, 0.1) is 11.7 Å². The third kappa shape index (κ3) is 1.23. The molecule has 1 aliphatic heterocycles. The van der Waals surface area contributed by atoms with E-state index in [1.165, 1.54) is 0 Å². The van der Waals surface area contributed by atoms with Crippen LogP contribution in [0.5, 0.6) is 0 Å². The molecule has 0 saturated carbocycles. The highest BCUT2D eigenvalue weighted by atomic mass is 16.2. The summed E-state index contributed by atoms with van der Waals surface area (Å²) in [5.41, 5.74) is 6.38. The Morgan fingerprint density at radius 2 is 2.25 bits per heavy atom. The van der Waals surface area contributed by atoms with Crippen LogP contribution in [-0.4, -0.2) is 27.0 Å². The molecule has 2 aromatic heterocycles. The van der Waals surface area contributed by atoms with Crippen molar-refractivity contribution in [1.82, 2.24) is 14.6 Å². The predicted molar refractivity (Wildman–Crippen MR) is 59.0 cm³/mol. The van der Waals surface area contributed by atoms with E-state index in [0.29, 0.717) is 6.42 Å². The molecule has 0 unspecified atom stereocenters. The van der Waals surface area contributed by atoms with E-state index in [9.17, 15) is 4.79 Å². The van der Waals surface area contributed by atoms with Gasteiger partial charge in [-0.05, 0) is 18.6 Å². The van der Waals surface area contributed by atoms with E-state index < -0.39 is 0 Å². The Morgan fingerprint density at radius 3 is 3.00 bits per heavy atom. The Balaban J connectivity index is 2.16. The highest BCUT2D eigenvalue weighted by Crippen LogP contribution is 2.23. The monoisotopic (exact) mass is 217 g/mol. The van der Waals surface area contributed by atoms with Gasteiger partial charge < -0.3 is 5.73 Å². The summed E-state index contributed by atoms with van der Waals surface area (Å²) in [6.45, 7) is 0.745. The zero-order chi connectivity index (χ0) is 11.1. The van der Waals surface area contributed by atoms with Crippen molar-refractivity contribution >= 4 is 23.2 Å². The molecule has 16 heavy (non-hydrogen) atoms. The normalized spacial score (nSPS) is 16.2. The zero-order valence-electron chi connectivity index (χ0n) is 8.63. The summed E-state index contributed by atoms with van der Waals surface area (Å²) in [5, 5.41) is 4.10. The molecule has 1 fully saturated rings. The fourth-order valence-electron chi connectivity index (χ4n) is 2.00. The van der Waals surface area contributed by atoms with Crippen molar-refractivity contribution in [1.29, 1.82) is 0 Å². The first kappa shape index (κ1) is 9.14. The smallest absolute Gasteiger partial charge is 0.238 e. The van der Waals surface area contributed by atoms with E-state index in [0.717, 1.165) is 24.3 Å². The van der Waals surface area contributed by atoms with Gasteiger partial charge in [0.25, 0.3) is 0 Å². The van der Waals surface area contributed by atoms with Crippen LogP contribution >= 0.6 is 0 Å². The summed E-state index contributed by atoms with van der Waals surface area (Å²) >= 11 is 0. The number of nitrogens with two attached hydrogens (primary N) is 1. The molecule has 0 radical (unpaired) electrons. The first-order chi connectivity index (χ1) is 7.75. The molecule has 0 aromatic carbocycles. The maximum Gasteiger partial charge on any atom is 0.238 e. The molecule has 6 nitrogen and oxygen atoms in total.